The van der Waals surface area contributed by atoms with Crippen molar-refractivity contribution in [3.05, 3.63) is 96.6 Å². The Morgan fingerprint density at radius 1 is 0.824 bits per heavy atom. The number of hydrogen-bond donors (Lipinski definition) is 1. The smallest absolute Gasteiger partial charge is 0.161 e. The number of morpholine rings is 1. The van der Waals surface area contributed by atoms with Gasteiger partial charge in [-0.2, -0.15) is 0 Å². The summed E-state index contributed by atoms with van der Waals surface area (Å²) in [4.78, 5) is 7.45. The molecular formula is C25H29Cl3CrN3OP+2. The molecule has 0 aromatic heterocycles. The van der Waals surface area contributed by atoms with Gasteiger partial charge in [0.2, 0.25) is 0 Å². The van der Waals surface area contributed by atoms with E-state index in [0.717, 1.165) is 50.8 Å². The second-order valence-corrected chi connectivity index (χ2v) is 15.9. The summed E-state index contributed by atoms with van der Waals surface area (Å²) in [6, 6.07) is 31.9. The van der Waals surface area contributed by atoms with E-state index in [2.05, 4.69) is 101 Å². The van der Waals surface area contributed by atoms with E-state index >= 15 is 0 Å². The molecule has 180 valence electrons. The van der Waals surface area contributed by atoms with Crippen LogP contribution in [-0.4, -0.2) is 50.1 Å². The normalized spacial score (nSPS) is 14.6. The fourth-order valence-electron chi connectivity index (χ4n) is 3.57. The average molecular weight is 577 g/mol. The molecule has 1 saturated heterocycles. The van der Waals surface area contributed by atoms with Crippen LogP contribution in [0.1, 0.15) is 5.56 Å². The fourth-order valence-corrected chi connectivity index (χ4v) is 5.70. The van der Waals surface area contributed by atoms with E-state index in [1.54, 1.807) is 0 Å². The molecule has 3 aromatic carbocycles. The Kier molecular flexibility index (Phi) is 12.8. The first-order valence-electron chi connectivity index (χ1n) is 11.0. The van der Waals surface area contributed by atoms with Gasteiger partial charge in [0.15, 0.2) is 13.9 Å². The van der Waals surface area contributed by atoms with E-state index in [4.69, 9.17) is 39.9 Å². The van der Waals surface area contributed by atoms with Crippen molar-refractivity contribution in [1.29, 1.82) is 0 Å². The van der Waals surface area contributed by atoms with Gasteiger partial charge >= 0.3 is 41.5 Å². The first-order valence-corrected chi connectivity index (χ1v) is 17.8. The number of halogens is 3. The minimum Gasteiger partial charge on any atom is -0.379 e. The molecule has 0 amide bonds. The average Bonchev–Trinajstić information content (AvgIpc) is 2.88. The molecule has 0 radical (unpaired) electrons. The molecule has 0 saturated carbocycles. The molecule has 1 heterocycles. The Labute approximate surface area is 220 Å². The summed E-state index contributed by atoms with van der Waals surface area (Å²) >= 11 is -1.62. The van der Waals surface area contributed by atoms with Gasteiger partial charge in [0.05, 0.1) is 19.8 Å². The maximum absolute atomic E-state index is 5.46. The Balaban J connectivity index is 0.000000751. The van der Waals surface area contributed by atoms with Crippen molar-refractivity contribution in [3.8, 4) is 0 Å². The molecule has 1 fully saturated rings. The monoisotopic (exact) mass is 575 g/mol. The minimum atomic E-state index is -1.62. The van der Waals surface area contributed by atoms with Crippen LogP contribution in [0.5, 0.6) is 0 Å². The molecule has 4 nitrogen and oxygen atoms in total. The van der Waals surface area contributed by atoms with E-state index < -0.39 is 19.5 Å². The first kappa shape index (κ1) is 27.5. The number of amidine groups is 1. The zero-order valence-electron chi connectivity index (χ0n) is 18.7. The SMILES string of the molecule is [Cl][Cr+]([Cl])[Cl].c1ccc(C(=NCCN2CCOCC2)N[PH+](c2ccccc2)c2ccccc2)cc1. The molecule has 0 spiro atoms. The molecule has 1 N–H and O–H groups in total. The van der Waals surface area contributed by atoms with Crippen molar-refractivity contribution in [2.45, 2.75) is 0 Å². The Hall–Kier alpha value is -1.12. The van der Waals surface area contributed by atoms with Crippen LogP contribution in [0.15, 0.2) is 96.0 Å². The van der Waals surface area contributed by atoms with Crippen LogP contribution >= 0.6 is 38.2 Å². The van der Waals surface area contributed by atoms with Gasteiger partial charge in [0, 0.05) is 25.2 Å². The largest absolute Gasteiger partial charge is 0.379 e. The molecule has 4 rings (SSSR count). The van der Waals surface area contributed by atoms with Gasteiger partial charge in [0.25, 0.3) is 0 Å². The zero-order valence-corrected chi connectivity index (χ0v) is 23.3. The van der Waals surface area contributed by atoms with Gasteiger partial charge in [-0.25, -0.2) is 5.09 Å². The molecule has 1 aliphatic heterocycles. The standard InChI is InChI=1S/C25H28N3OP.3ClH.Cr/c1-4-10-22(11-5-1)25(26-16-17-28-18-20-29-21-19-28)27-30(23-12-6-2-7-13-23)24-14-8-3-9-15-24;;;;/h1-15H,16-21H2,(H,26,27);3*1H;/q;;;;+4/p-2. The number of ether oxygens (including phenoxy) is 1. The molecular weight excluding hydrogens is 548 g/mol. The summed E-state index contributed by atoms with van der Waals surface area (Å²) in [6.07, 6.45) is 0. The van der Waals surface area contributed by atoms with E-state index in [-0.39, 0.29) is 0 Å². The summed E-state index contributed by atoms with van der Waals surface area (Å²) in [6.45, 7) is 5.36. The van der Waals surface area contributed by atoms with Crippen molar-refractivity contribution in [2.75, 3.05) is 39.4 Å². The second-order valence-electron chi connectivity index (χ2n) is 7.46. The topological polar surface area (TPSA) is 36.9 Å². The van der Waals surface area contributed by atoms with Gasteiger partial charge in [-0.05, 0) is 24.3 Å². The number of nitrogens with zero attached hydrogens (tertiary/aromatic N) is 2. The van der Waals surface area contributed by atoms with Crippen LogP contribution in [-0.2, 0) is 16.1 Å². The van der Waals surface area contributed by atoms with Crippen LogP contribution in [0.4, 0.5) is 0 Å². The predicted octanol–water partition coefficient (Wildman–Crippen LogP) is 5.20. The Morgan fingerprint density at radius 3 is 1.79 bits per heavy atom. The van der Waals surface area contributed by atoms with E-state index in [1.165, 1.54) is 10.6 Å². The molecule has 3 aromatic rings. The first-order chi connectivity index (χ1) is 16.6. The third kappa shape index (κ3) is 9.86. The predicted molar refractivity (Wildman–Crippen MR) is 146 cm³/mol. The third-order valence-electron chi connectivity index (χ3n) is 5.21. The van der Waals surface area contributed by atoms with Gasteiger partial charge in [0.1, 0.15) is 10.6 Å². The second kappa shape index (κ2) is 15.8. The number of benzene rings is 3. The van der Waals surface area contributed by atoms with E-state index in [1.807, 2.05) is 0 Å². The summed E-state index contributed by atoms with van der Waals surface area (Å²) in [5.74, 6) is 0.977. The summed E-state index contributed by atoms with van der Waals surface area (Å²) in [7, 11) is 13.6. The van der Waals surface area contributed by atoms with Crippen LogP contribution in [0, 0.1) is 0 Å². The van der Waals surface area contributed by atoms with Crippen LogP contribution in [0.2, 0.25) is 0 Å². The van der Waals surface area contributed by atoms with E-state index in [0.29, 0.717) is 0 Å². The van der Waals surface area contributed by atoms with Crippen molar-refractivity contribution in [1.82, 2.24) is 9.99 Å². The van der Waals surface area contributed by atoms with Crippen LogP contribution < -0.4 is 15.7 Å². The Bertz CT molecular complexity index is 936. The van der Waals surface area contributed by atoms with Crippen molar-refractivity contribution in [2.24, 2.45) is 4.99 Å². The number of hydrogen-bond acceptors (Lipinski definition) is 3. The number of rotatable bonds is 7. The van der Waals surface area contributed by atoms with Crippen molar-refractivity contribution < 1.29 is 16.1 Å². The molecule has 0 atom stereocenters. The van der Waals surface area contributed by atoms with Gasteiger partial charge < -0.3 is 4.74 Å². The van der Waals surface area contributed by atoms with Gasteiger partial charge in [-0.3, -0.25) is 9.89 Å². The zero-order chi connectivity index (χ0) is 24.0. The molecule has 1 aliphatic rings. The quantitative estimate of drug-likeness (QED) is 0.239. The molecule has 0 aliphatic carbocycles. The number of aliphatic imine (C=N–C) groups is 1. The van der Waals surface area contributed by atoms with E-state index in [9.17, 15) is 0 Å². The van der Waals surface area contributed by atoms with Crippen LogP contribution in [0.25, 0.3) is 0 Å². The fraction of sp³-hybridized carbons (Fsp3) is 0.240. The number of nitrogens with one attached hydrogen (secondary N) is 1. The molecule has 9 heteroatoms. The van der Waals surface area contributed by atoms with Crippen molar-refractivity contribution >= 4 is 54.7 Å². The van der Waals surface area contributed by atoms with Crippen LogP contribution in [0.3, 0.4) is 0 Å². The third-order valence-corrected chi connectivity index (χ3v) is 7.51. The maximum Gasteiger partial charge on any atom is 0.161 e. The maximum atomic E-state index is 5.46. The minimum absolute atomic E-state index is 0.774. The Morgan fingerprint density at radius 2 is 1.29 bits per heavy atom. The van der Waals surface area contributed by atoms with Gasteiger partial charge in [-0.1, -0.05) is 66.7 Å². The molecule has 0 unspecified atom stereocenters. The summed E-state index contributed by atoms with van der Waals surface area (Å²) in [5.41, 5.74) is 1.13. The molecule has 0 bridgehead atoms. The van der Waals surface area contributed by atoms with Crippen molar-refractivity contribution in [3.63, 3.8) is 0 Å². The summed E-state index contributed by atoms with van der Waals surface area (Å²) < 4.78 is 5.46. The van der Waals surface area contributed by atoms with Gasteiger partial charge in [-0.15, -0.1) is 0 Å². The molecule has 34 heavy (non-hydrogen) atoms. The summed E-state index contributed by atoms with van der Waals surface area (Å²) in [5, 5.41) is 6.50.